The first-order valence-electron chi connectivity index (χ1n) is 9.82. The Labute approximate surface area is 169 Å². The van der Waals surface area contributed by atoms with Crippen LogP contribution in [0, 0.1) is 27.7 Å². The Morgan fingerprint density at radius 3 is 2.04 bits per heavy atom. The van der Waals surface area contributed by atoms with E-state index in [1.807, 2.05) is 45.9 Å². The summed E-state index contributed by atoms with van der Waals surface area (Å²) in [7, 11) is -3.47. The Morgan fingerprint density at radius 1 is 0.893 bits per heavy atom. The third-order valence-corrected chi connectivity index (χ3v) is 7.87. The van der Waals surface area contributed by atoms with Gasteiger partial charge in [0.2, 0.25) is 10.0 Å². The molecular formula is C23H30N2O2S. The fourth-order valence-electron chi connectivity index (χ4n) is 3.75. The van der Waals surface area contributed by atoms with Crippen LogP contribution in [0.4, 0.5) is 0 Å². The molecule has 150 valence electrons. The highest BCUT2D eigenvalue weighted by atomic mass is 32.2. The van der Waals surface area contributed by atoms with Crippen LogP contribution in [0.3, 0.4) is 0 Å². The molecule has 0 spiro atoms. The van der Waals surface area contributed by atoms with Crippen molar-refractivity contribution < 1.29 is 8.42 Å². The van der Waals surface area contributed by atoms with Gasteiger partial charge in [-0.2, -0.15) is 4.31 Å². The highest BCUT2D eigenvalue weighted by Gasteiger charge is 2.31. The lowest BCUT2D eigenvalue weighted by atomic mass is 10.0. The van der Waals surface area contributed by atoms with Gasteiger partial charge in [0.15, 0.2) is 0 Å². The molecule has 2 aromatic rings. The van der Waals surface area contributed by atoms with E-state index in [2.05, 4.69) is 35.3 Å². The van der Waals surface area contributed by atoms with Gasteiger partial charge in [-0.1, -0.05) is 48.6 Å². The van der Waals surface area contributed by atoms with Gasteiger partial charge in [-0.3, -0.25) is 4.90 Å². The molecule has 3 rings (SSSR count). The predicted molar refractivity (Wildman–Crippen MR) is 116 cm³/mol. The van der Waals surface area contributed by atoms with Crippen LogP contribution in [-0.4, -0.2) is 50.3 Å². The summed E-state index contributed by atoms with van der Waals surface area (Å²) in [5.41, 5.74) is 5.00. The molecule has 0 atom stereocenters. The molecule has 0 aliphatic carbocycles. The van der Waals surface area contributed by atoms with Gasteiger partial charge in [0.25, 0.3) is 0 Å². The maximum Gasteiger partial charge on any atom is 0.243 e. The number of benzene rings is 2. The summed E-state index contributed by atoms with van der Waals surface area (Å²) in [5, 5.41) is 0. The third kappa shape index (κ3) is 4.37. The molecule has 28 heavy (non-hydrogen) atoms. The van der Waals surface area contributed by atoms with Crippen molar-refractivity contribution in [2.75, 3.05) is 32.7 Å². The number of aryl methyl sites for hydroxylation is 2. The van der Waals surface area contributed by atoms with Gasteiger partial charge < -0.3 is 0 Å². The average Bonchev–Trinajstić information content (AvgIpc) is 2.68. The minimum Gasteiger partial charge on any atom is -0.297 e. The van der Waals surface area contributed by atoms with Gasteiger partial charge in [0.05, 0.1) is 4.90 Å². The molecule has 1 aliphatic heterocycles. The molecule has 0 N–H and O–H groups in total. The SMILES string of the molecule is Cc1cc(C)c(C)c(S(=O)(=O)N2CCN(C/C=C\c3ccccc3)CC2)c1C. The summed E-state index contributed by atoms with van der Waals surface area (Å²) in [5.74, 6) is 0. The van der Waals surface area contributed by atoms with Crippen LogP contribution in [0.2, 0.25) is 0 Å². The van der Waals surface area contributed by atoms with Gasteiger partial charge in [-0.15, -0.1) is 0 Å². The van der Waals surface area contributed by atoms with E-state index in [1.54, 1.807) is 4.31 Å². The zero-order chi connectivity index (χ0) is 20.3. The molecule has 2 aromatic carbocycles. The predicted octanol–water partition coefficient (Wildman–Crippen LogP) is 3.94. The summed E-state index contributed by atoms with van der Waals surface area (Å²) >= 11 is 0. The van der Waals surface area contributed by atoms with E-state index in [-0.39, 0.29) is 0 Å². The molecule has 4 nitrogen and oxygen atoms in total. The van der Waals surface area contributed by atoms with Gasteiger partial charge in [-0.05, 0) is 55.5 Å². The maximum atomic E-state index is 13.3. The van der Waals surface area contributed by atoms with Gasteiger partial charge >= 0.3 is 0 Å². The summed E-state index contributed by atoms with van der Waals surface area (Å²) < 4.78 is 28.3. The lowest BCUT2D eigenvalue weighted by molar-refractivity contribution is 0.204. The second-order valence-electron chi connectivity index (χ2n) is 7.61. The third-order valence-electron chi connectivity index (χ3n) is 5.70. The van der Waals surface area contributed by atoms with Crippen LogP contribution in [-0.2, 0) is 10.0 Å². The first-order chi connectivity index (χ1) is 13.3. The Morgan fingerprint density at radius 2 is 1.46 bits per heavy atom. The highest BCUT2D eigenvalue weighted by Crippen LogP contribution is 2.29. The highest BCUT2D eigenvalue weighted by molar-refractivity contribution is 7.89. The van der Waals surface area contributed by atoms with Crippen molar-refractivity contribution in [3.63, 3.8) is 0 Å². The van der Waals surface area contributed by atoms with Gasteiger partial charge in [-0.25, -0.2) is 8.42 Å². The summed E-state index contributed by atoms with van der Waals surface area (Å²) in [6, 6.07) is 12.3. The van der Waals surface area contributed by atoms with Crippen molar-refractivity contribution in [2.24, 2.45) is 0 Å². The van der Waals surface area contributed by atoms with Crippen molar-refractivity contribution in [3.05, 3.63) is 70.3 Å². The van der Waals surface area contributed by atoms with Crippen molar-refractivity contribution in [2.45, 2.75) is 32.6 Å². The lowest BCUT2D eigenvalue weighted by Crippen LogP contribution is -2.48. The van der Waals surface area contributed by atoms with Crippen LogP contribution in [0.25, 0.3) is 6.08 Å². The van der Waals surface area contributed by atoms with Crippen LogP contribution in [0.15, 0.2) is 47.4 Å². The van der Waals surface area contributed by atoms with Crippen LogP contribution in [0.1, 0.15) is 27.8 Å². The second-order valence-corrected chi connectivity index (χ2v) is 9.48. The van der Waals surface area contributed by atoms with Crippen LogP contribution in [0.5, 0.6) is 0 Å². The lowest BCUT2D eigenvalue weighted by Gasteiger charge is -2.34. The Balaban J connectivity index is 1.67. The molecule has 0 radical (unpaired) electrons. The molecule has 0 amide bonds. The Bertz CT molecular complexity index is 932. The summed E-state index contributed by atoms with van der Waals surface area (Å²) in [6.45, 7) is 11.2. The molecule has 1 heterocycles. The molecule has 0 unspecified atom stereocenters. The van der Waals surface area contributed by atoms with E-state index in [1.165, 1.54) is 5.56 Å². The second kappa shape index (κ2) is 8.60. The Kier molecular flexibility index (Phi) is 6.38. The number of rotatable bonds is 5. The molecular weight excluding hydrogens is 368 g/mol. The minimum atomic E-state index is -3.47. The van der Waals surface area contributed by atoms with E-state index in [0.717, 1.165) is 41.9 Å². The fourth-order valence-corrected chi connectivity index (χ4v) is 5.75. The molecule has 0 aromatic heterocycles. The van der Waals surface area contributed by atoms with Crippen molar-refractivity contribution >= 4 is 16.1 Å². The first-order valence-corrected chi connectivity index (χ1v) is 11.3. The van der Waals surface area contributed by atoms with Crippen molar-refractivity contribution in [1.29, 1.82) is 0 Å². The number of piperazine rings is 1. The molecule has 5 heteroatoms. The number of hydrogen-bond donors (Lipinski definition) is 0. The average molecular weight is 399 g/mol. The fraction of sp³-hybridized carbons (Fsp3) is 0.391. The zero-order valence-corrected chi connectivity index (χ0v) is 18.1. The largest absolute Gasteiger partial charge is 0.297 e. The zero-order valence-electron chi connectivity index (χ0n) is 17.3. The molecule has 1 fully saturated rings. The molecule has 1 saturated heterocycles. The van der Waals surface area contributed by atoms with E-state index >= 15 is 0 Å². The van der Waals surface area contributed by atoms with Crippen molar-refractivity contribution in [1.82, 2.24) is 9.21 Å². The molecule has 1 aliphatic rings. The summed E-state index contributed by atoms with van der Waals surface area (Å²) in [6.07, 6.45) is 4.27. The van der Waals surface area contributed by atoms with Gasteiger partial charge in [0.1, 0.15) is 0 Å². The van der Waals surface area contributed by atoms with Crippen LogP contribution >= 0.6 is 0 Å². The minimum absolute atomic E-state index is 0.502. The standard InChI is InChI=1S/C23H30N2O2S/c1-18-17-19(2)21(4)23(20(18)3)28(26,27)25-15-13-24(14-16-25)12-8-11-22-9-6-5-7-10-22/h5-11,17H,12-16H2,1-4H3/b11-8-. The molecule has 0 bridgehead atoms. The topological polar surface area (TPSA) is 40.6 Å². The number of hydrogen-bond acceptors (Lipinski definition) is 3. The van der Waals surface area contributed by atoms with Crippen LogP contribution < -0.4 is 0 Å². The quantitative estimate of drug-likeness (QED) is 0.766. The Hall–Kier alpha value is -1.95. The smallest absolute Gasteiger partial charge is 0.243 e. The monoisotopic (exact) mass is 398 g/mol. The normalized spacial score (nSPS) is 16.7. The summed E-state index contributed by atoms with van der Waals surface area (Å²) in [4.78, 5) is 2.80. The van der Waals surface area contributed by atoms with Crippen molar-refractivity contribution in [3.8, 4) is 0 Å². The maximum absolute atomic E-state index is 13.3. The van der Waals surface area contributed by atoms with Gasteiger partial charge in [0, 0.05) is 32.7 Å². The van der Waals surface area contributed by atoms with E-state index in [9.17, 15) is 8.42 Å². The van der Waals surface area contributed by atoms with E-state index in [4.69, 9.17) is 0 Å². The van der Waals surface area contributed by atoms with E-state index in [0.29, 0.717) is 18.0 Å². The first kappa shape index (κ1) is 20.8. The van der Waals surface area contributed by atoms with E-state index < -0.39 is 10.0 Å². The number of nitrogens with zero attached hydrogens (tertiary/aromatic N) is 2. The number of sulfonamides is 1. The molecule has 0 saturated carbocycles.